The van der Waals surface area contributed by atoms with Crippen LogP contribution >= 0.6 is 0 Å². The molecule has 2 saturated carbocycles. The van der Waals surface area contributed by atoms with E-state index in [1.54, 1.807) is 33.8 Å². The number of nitrogens with one attached hydrogen (secondary N) is 3. The minimum absolute atomic E-state index is 0.0490. The Morgan fingerprint density at radius 3 is 2.45 bits per heavy atom. The number of benzene rings is 1. The number of hydrogen-bond acceptors (Lipinski definition) is 10. The Balaban J connectivity index is 1.39. The average molecular weight is 760 g/mol. The highest BCUT2D eigenvalue weighted by Gasteiger charge is 2.62. The minimum atomic E-state index is -3.97. The van der Waals surface area contributed by atoms with Gasteiger partial charge in [0, 0.05) is 30.9 Å². The van der Waals surface area contributed by atoms with Gasteiger partial charge in [0.15, 0.2) is 5.78 Å². The SMILES string of the molecule is C=CC1CC1(NC(=O)C1CC(OC(=O)N2Cc3cccc(F)c3C2)CN1C(=O)C(CCC(=O)C=CC)NC(=O)OC(C)(C)C)C(=O)NS(=O)(=O)C1CC1. The normalized spacial score (nSPS) is 24.2. The fourth-order valence-corrected chi connectivity index (χ4v) is 7.95. The molecule has 3 N–H and O–H groups in total. The maximum Gasteiger partial charge on any atom is 0.410 e. The summed E-state index contributed by atoms with van der Waals surface area (Å²) in [6.45, 7) is 9.95. The standard InChI is InChI=1S/C36H46FN5O10S/c1-6-9-23(43)12-15-28(38-33(47)52-35(3,4)5)31(45)42-19-24(51-34(48)41-18-21-10-8-11-27(37)26(21)20-41)16-29(42)30(44)39-36(17-22(36)7-2)32(46)40-53(49,50)25-13-14-25/h6-11,22,24-25,28-29H,2,12-20H2,1,3-5H3,(H,38,47)(H,39,44)(H,40,46). The van der Waals surface area contributed by atoms with Crippen LogP contribution in [0.5, 0.6) is 0 Å². The highest BCUT2D eigenvalue weighted by Crippen LogP contribution is 2.45. The molecule has 4 aliphatic rings. The van der Waals surface area contributed by atoms with Gasteiger partial charge in [0.05, 0.1) is 18.3 Å². The summed E-state index contributed by atoms with van der Waals surface area (Å²) >= 11 is 0. The zero-order valence-electron chi connectivity index (χ0n) is 30.2. The predicted molar refractivity (Wildman–Crippen MR) is 188 cm³/mol. The molecule has 5 unspecified atom stereocenters. The Labute approximate surface area is 307 Å². The molecule has 0 spiro atoms. The summed E-state index contributed by atoms with van der Waals surface area (Å²) in [7, 11) is -3.97. The monoisotopic (exact) mass is 759 g/mol. The van der Waals surface area contributed by atoms with E-state index < -0.39 is 86.2 Å². The number of alkyl carbamates (subject to hydrolysis) is 1. The summed E-state index contributed by atoms with van der Waals surface area (Å²) in [4.78, 5) is 82.8. The van der Waals surface area contributed by atoms with E-state index in [2.05, 4.69) is 21.9 Å². The lowest BCUT2D eigenvalue weighted by Crippen LogP contribution is -2.58. The molecule has 1 aromatic rings. The molecular weight excluding hydrogens is 713 g/mol. The van der Waals surface area contributed by atoms with Crippen LogP contribution in [0.15, 0.2) is 43.0 Å². The van der Waals surface area contributed by atoms with Crippen molar-refractivity contribution in [1.82, 2.24) is 25.2 Å². The van der Waals surface area contributed by atoms with Crippen LogP contribution in [0.25, 0.3) is 0 Å². The molecule has 15 nitrogen and oxygen atoms in total. The zero-order chi connectivity index (χ0) is 38.9. The smallest absolute Gasteiger partial charge is 0.410 e. The fourth-order valence-electron chi connectivity index (χ4n) is 6.58. The summed E-state index contributed by atoms with van der Waals surface area (Å²) in [5.74, 6) is -3.96. The molecule has 0 aromatic heterocycles. The first-order valence-corrected chi connectivity index (χ1v) is 19.1. The molecule has 5 atom stereocenters. The largest absolute Gasteiger partial charge is 0.444 e. The van der Waals surface area contributed by atoms with Gasteiger partial charge in [0.1, 0.15) is 35.1 Å². The van der Waals surface area contributed by atoms with Crippen molar-refractivity contribution < 1.29 is 51.0 Å². The molecule has 2 heterocycles. The van der Waals surface area contributed by atoms with Crippen LogP contribution in [0.4, 0.5) is 14.0 Å². The number of carbonyl (C=O) groups is 6. The van der Waals surface area contributed by atoms with Gasteiger partial charge in [-0.2, -0.15) is 0 Å². The second-order valence-corrected chi connectivity index (χ2v) is 16.8. The van der Waals surface area contributed by atoms with E-state index in [4.69, 9.17) is 9.47 Å². The minimum Gasteiger partial charge on any atom is -0.444 e. The topological polar surface area (TPSA) is 198 Å². The molecule has 0 bridgehead atoms. The molecule has 2 aliphatic heterocycles. The predicted octanol–water partition coefficient (Wildman–Crippen LogP) is 2.74. The number of ether oxygens (including phenoxy) is 2. The van der Waals surface area contributed by atoms with Crippen molar-refractivity contribution in [3.8, 4) is 0 Å². The third-order valence-electron chi connectivity index (χ3n) is 9.57. The molecule has 288 valence electrons. The van der Waals surface area contributed by atoms with Crippen molar-refractivity contribution >= 4 is 45.7 Å². The Morgan fingerprint density at radius 2 is 1.85 bits per heavy atom. The highest BCUT2D eigenvalue weighted by atomic mass is 32.2. The van der Waals surface area contributed by atoms with E-state index in [0.717, 1.165) is 4.90 Å². The number of likely N-dealkylation sites (tertiary alicyclic amines) is 1. The van der Waals surface area contributed by atoms with Crippen molar-refractivity contribution in [2.24, 2.45) is 5.92 Å². The summed E-state index contributed by atoms with van der Waals surface area (Å²) in [6.07, 6.45) is 1.77. The zero-order valence-corrected chi connectivity index (χ0v) is 31.0. The van der Waals surface area contributed by atoms with Crippen LogP contribution in [0.1, 0.15) is 77.3 Å². The Bertz CT molecular complexity index is 1820. The molecule has 5 rings (SSSR count). The van der Waals surface area contributed by atoms with Crippen LogP contribution < -0.4 is 15.4 Å². The van der Waals surface area contributed by atoms with Crippen LogP contribution in [-0.4, -0.2) is 95.0 Å². The van der Waals surface area contributed by atoms with Gasteiger partial charge < -0.3 is 25.0 Å². The third kappa shape index (κ3) is 9.23. The van der Waals surface area contributed by atoms with Crippen LogP contribution in [0, 0.1) is 11.7 Å². The lowest BCUT2D eigenvalue weighted by molar-refractivity contribution is -0.141. The number of rotatable bonds is 13. The van der Waals surface area contributed by atoms with E-state index in [-0.39, 0.29) is 51.1 Å². The van der Waals surface area contributed by atoms with Gasteiger partial charge >= 0.3 is 12.2 Å². The van der Waals surface area contributed by atoms with Crippen molar-refractivity contribution in [1.29, 1.82) is 0 Å². The number of allylic oxidation sites excluding steroid dienone is 2. The molecule has 17 heteroatoms. The second-order valence-electron chi connectivity index (χ2n) is 14.9. The third-order valence-corrected chi connectivity index (χ3v) is 11.4. The van der Waals surface area contributed by atoms with Crippen molar-refractivity contribution in [3.63, 3.8) is 0 Å². The fraction of sp³-hybridized carbons (Fsp3) is 0.556. The van der Waals surface area contributed by atoms with Gasteiger partial charge in [-0.15, -0.1) is 6.58 Å². The number of carbonyl (C=O) groups excluding carboxylic acids is 6. The van der Waals surface area contributed by atoms with Crippen LogP contribution in [-0.2, 0) is 51.8 Å². The molecular formula is C36H46FN5O10S. The van der Waals surface area contributed by atoms with Crippen LogP contribution in [0.3, 0.4) is 0 Å². The number of amides is 5. The number of nitrogens with zero attached hydrogens (tertiary/aromatic N) is 2. The first kappa shape index (κ1) is 39.4. The summed E-state index contributed by atoms with van der Waals surface area (Å²) in [5.41, 5.74) is -1.64. The van der Waals surface area contributed by atoms with Gasteiger partial charge in [-0.05, 0) is 71.1 Å². The molecule has 53 heavy (non-hydrogen) atoms. The average Bonchev–Trinajstić information content (AvgIpc) is 3.96. The molecule has 2 aliphatic carbocycles. The van der Waals surface area contributed by atoms with Gasteiger partial charge in [0.25, 0.3) is 5.91 Å². The van der Waals surface area contributed by atoms with E-state index in [0.29, 0.717) is 24.0 Å². The number of ketones is 1. The molecule has 3 fully saturated rings. The molecule has 0 radical (unpaired) electrons. The Morgan fingerprint density at radius 1 is 1.13 bits per heavy atom. The number of halogens is 1. The number of hydrogen-bond donors (Lipinski definition) is 3. The van der Waals surface area contributed by atoms with E-state index in [1.165, 1.54) is 35.3 Å². The summed E-state index contributed by atoms with van der Waals surface area (Å²) in [5, 5.41) is 4.46. The van der Waals surface area contributed by atoms with E-state index >= 15 is 0 Å². The first-order valence-electron chi connectivity index (χ1n) is 17.6. The summed E-state index contributed by atoms with van der Waals surface area (Å²) < 4.78 is 52.9. The van der Waals surface area contributed by atoms with Crippen molar-refractivity contribution in [2.75, 3.05) is 6.54 Å². The number of sulfonamides is 1. The molecule has 1 saturated heterocycles. The van der Waals surface area contributed by atoms with E-state index in [1.807, 2.05) is 0 Å². The Hall–Kier alpha value is -4.80. The second kappa shape index (κ2) is 15.3. The maximum absolute atomic E-state index is 14.4. The molecule has 1 aromatic carbocycles. The first-order chi connectivity index (χ1) is 24.9. The quantitative estimate of drug-likeness (QED) is 0.199. The van der Waals surface area contributed by atoms with E-state index in [9.17, 15) is 41.6 Å². The Kier molecular flexibility index (Phi) is 11.4. The number of fused-ring (bicyclic) bond motifs is 1. The van der Waals surface area contributed by atoms with Crippen molar-refractivity contribution in [2.45, 2.75) is 114 Å². The maximum atomic E-state index is 14.4. The van der Waals surface area contributed by atoms with Crippen molar-refractivity contribution in [3.05, 3.63) is 60.0 Å². The van der Waals surface area contributed by atoms with Gasteiger partial charge in [-0.1, -0.05) is 24.3 Å². The molecule has 5 amide bonds. The van der Waals surface area contributed by atoms with Gasteiger partial charge in [-0.3, -0.25) is 28.8 Å². The van der Waals surface area contributed by atoms with Gasteiger partial charge in [0.2, 0.25) is 21.8 Å². The van der Waals surface area contributed by atoms with Crippen LogP contribution in [0.2, 0.25) is 0 Å². The van der Waals surface area contributed by atoms with Gasteiger partial charge in [-0.25, -0.2) is 22.4 Å². The lowest BCUT2D eigenvalue weighted by Gasteiger charge is -2.30. The lowest BCUT2D eigenvalue weighted by atomic mass is 10.1. The highest BCUT2D eigenvalue weighted by molar-refractivity contribution is 7.91. The summed E-state index contributed by atoms with van der Waals surface area (Å²) in [6, 6.07) is 1.79.